The third-order valence-electron chi connectivity index (χ3n) is 10.4. The van der Waals surface area contributed by atoms with E-state index in [0.717, 1.165) is 38.1 Å². The number of hydrogen-bond acceptors (Lipinski definition) is 2. The zero-order valence-corrected chi connectivity index (χ0v) is 34.0. The molecule has 0 aliphatic heterocycles. The highest BCUT2D eigenvalue weighted by molar-refractivity contribution is 7.15. The van der Waals surface area contributed by atoms with Crippen LogP contribution in [0.4, 0.5) is 0 Å². The third kappa shape index (κ3) is 7.83. The first-order chi connectivity index (χ1) is 26.7. The van der Waals surface area contributed by atoms with Crippen LogP contribution in [0.25, 0.3) is 0 Å². The fraction of sp³-hybridized carbons (Fsp3) is 0.122. The van der Waals surface area contributed by atoms with Crippen LogP contribution >= 0.6 is 0 Å². The van der Waals surface area contributed by atoms with E-state index in [-0.39, 0.29) is 0 Å². The lowest BCUT2D eigenvalue weighted by Crippen LogP contribution is -2.80. The summed E-state index contributed by atoms with van der Waals surface area (Å²) in [6.45, 7) is 4.15. The quantitative estimate of drug-likeness (QED) is 0.0546. The van der Waals surface area contributed by atoms with Crippen LogP contribution in [0.1, 0.15) is 32.1 Å². The van der Waals surface area contributed by atoms with E-state index in [1.54, 1.807) is 0 Å². The largest absolute Gasteiger partial charge is 0.422 e. The van der Waals surface area contributed by atoms with Crippen LogP contribution in [0.5, 0.6) is 0 Å². The molecule has 0 spiro atoms. The first kappa shape index (κ1) is 37.4. The lowest BCUT2D eigenvalue weighted by Gasteiger charge is -2.47. The highest BCUT2D eigenvalue weighted by atomic mass is 28.5. The number of benzene rings is 7. The highest BCUT2D eigenvalue weighted by Crippen LogP contribution is 2.28. The molecule has 0 aromatic heterocycles. The molecule has 0 atom stereocenters. The second-order valence-electron chi connectivity index (χ2n) is 13.9. The lowest BCUT2D eigenvalue weighted by molar-refractivity contribution is 0.404. The van der Waals surface area contributed by atoms with Crippen molar-refractivity contribution in [2.45, 2.75) is 38.1 Å². The first-order valence-electron chi connectivity index (χ1n) is 19.3. The van der Waals surface area contributed by atoms with Crippen molar-refractivity contribution in [1.29, 1.82) is 0 Å². The van der Waals surface area contributed by atoms with Gasteiger partial charge < -0.3 is 8.23 Å². The maximum atomic E-state index is 8.57. The van der Waals surface area contributed by atoms with Crippen LogP contribution < -0.4 is 36.3 Å². The molecule has 0 saturated heterocycles. The van der Waals surface area contributed by atoms with Crippen molar-refractivity contribution >= 4 is 61.5 Å². The molecule has 7 rings (SSSR count). The molecule has 7 aromatic carbocycles. The Balaban J connectivity index is 1.58. The second kappa shape index (κ2) is 18.0. The van der Waals surface area contributed by atoms with E-state index in [1.165, 1.54) is 36.3 Å². The Morgan fingerprint density at radius 1 is 0.296 bits per heavy atom. The van der Waals surface area contributed by atoms with Gasteiger partial charge >= 0.3 is 8.56 Å². The van der Waals surface area contributed by atoms with E-state index >= 15 is 0 Å². The smallest absolute Gasteiger partial charge is 0.353 e. The summed E-state index contributed by atoms with van der Waals surface area (Å²) in [4.78, 5) is 0. The molecule has 269 valence electrons. The van der Waals surface area contributed by atoms with Crippen LogP contribution in [0.2, 0.25) is 6.04 Å². The fourth-order valence-corrected chi connectivity index (χ4v) is 24.6. The second-order valence-corrected chi connectivity index (χ2v) is 24.3. The average molecular weight is 754 g/mol. The SMILES string of the molecule is [CH2]CCCCCC[Si](O[Si](c1ccccc1)(c1ccccc1)c1ccccc1)(O[Si](c1ccccc1)(c1ccccc1)c1ccccc1)c1ccccc1. The number of rotatable bonds is 17. The molecule has 0 aliphatic carbocycles. The molecule has 7 aromatic rings. The molecule has 2 nitrogen and oxygen atoms in total. The van der Waals surface area contributed by atoms with Gasteiger partial charge in [-0.25, -0.2) is 0 Å². The zero-order valence-electron chi connectivity index (χ0n) is 31.0. The Kier molecular flexibility index (Phi) is 12.4. The van der Waals surface area contributed by atoms with E-state index < -0.39 is 25.2 Å². The Morgan fingerprint density at radius 3 is 0.796 bits per heavy atom. The maximum Gasteiger partial charge on any atom is 0.353 e. The van der Waals surface area contributed by atoms with Gasteiger partial charge in [0.25, 0.3) is 16.6 Å². The van der Waals surface area contributed by atoms with E-state index in [2.05, 4.69) is 219 Å². The van der Waals surface area contributed by atoms with Gasteiger partial charge in [-0.1, -0.05) is 251 Å². The number of hydrogen-bond donors (Lipinski definition) is 0. The summed E-state index contributed by atoms with van der Waals surface area (Å²) >= 11 is 0. The molecule has 5 heteroatoms. The van der Waals surface area contributed by atoms with Crippen molar-refractivity contribution < 1.29 is 8.23 Å². The van der Waals surface area contributed by atoms with E-state index in [1.807, 2.05) is 0 Å². The predicted molar refractivity (Wildman–Crippen MR) is 235 cm³/mol. The molecule has 0 fully saturated rings. The summed E-state index contributed by atoms with van der Waals surface area (Å²) < 4.78 is 17.1. The maximum absolute atomic E-state index is 8.57. The van der Waals surface area contributed by atoms with Crippen LogP contribution in [-0.4, -0.2) is 25.2 Å². The Bertz CT molecular complexity index is 1800. The molecule has 1 radical (unpaired) electrons. The molecule has 0 saturated carbocycles. The van der Waals surface area contributed by atoms with E-state index in [0.29, 0.717) is 0 Å². The Hall–Kier alpha value is -4.89. The van der Waals surface area contributed by atoms with Gasteiger partial charge in [0.2, 0.25) is 0 Å². The van der Waals surface area contributed by atoms with Gasteiger partial charge in [0.05, 0.1) is 0 Å². The van der Waals surface area contributed by atoms with Gasteiger partial charge in [0.15, 0.2) is 0 Å². The molecule has 0 unspecified atom stereocenters. The van der Waals surface area contributed by atoms with Crippen molar-refractivity contribution in [3.05, 3.63) is 219 Å². The van der Waals surface area contributed by atoms with Crippen molar-refractivity contribution in [3.8, 4) is 0 Å². The van der Waals surface area contributed by atoms with Gasteiger partial charge in [-0.15, -0.1) is 0 Å². The molecular formula is C49H49O2Si3. The average Bonchev–Trinajstić information content (AvgIpc) is 3.26. The van der Waals surface area contributed by atoms with Crippen LogP contribution in [-0.2, 0) is 8.23 Å². The van der Waals surface area contributed by atoms with E-state index in [4.69, 9.17) is 8.23 Å². The molecule has 0 bridgehead atoms. The monoisotopic (exact) mass is 753 g/mol. The van der Waals surface area contributed by atoms with Gasteiger partial charge in [-0.3, -0.25) is 0 Å². The molecular weight excluding hydrogens is 705 g/mol. The summed E-state index contributed by atoms with van der Waals surface area (Å²) in [6.07, 6.45) is 5.30. The van der Waals surface area contributed by atoms with Crippen molar-refractivity contribution in [3.63, 3.8) is 0 Å². The topological polar surface area (TPSA) is 18.5 Å². The molecule has 0 heterocycles. The minimum atomic E-state index is -3.49. The van der Waals surface area contributed by atoms with Gasteiger partial charge in [0, 0.05) is 0 Å². The van der Waals surface area contributed by atoms with Crippen LogP contribution in [0, 0.1) is 6.92 Å². The van der Waals surface area contributed by atoms with Crippen LogP contribution in [0.3, 0.4) is 0 Å². The van der Waals surface area contributed by atoms with Gasteiger partial charge in [-0.05, 0) is 42.4 Å². The standard InChI is InChI=1S/C49H49O2Si3/c1-2-3-4-5-27-42-52(43-28-13-6-14-29-43,50-53(44-30-15-7-16-31-44,45-32-17-8-18-33-45)46-34-19-9-20-35-46)51-54(47-36-21-10-22-37-47,48-38-23-11-24-39-48)49-40-25-12-26-41-49/h6-26,28-41H,1-5,27,42H2. The molecule has 54 heavy (non-hydrogen) atoms. The predicted octanol–water partition coefficient (Wildman–Crippen LogP) is 7.49. The van der Waals surface area contributed by atoms with Crippen molar-refractivity contribution in [2.24, 2.45) is 0 Å². The molecule has 0 N–H and O–H groups in total. The fourth-order valence-electron chi connectivity index (χ4n) is 7.85. The summed E-state index contributed by atoms with van der Waals surface area (Å²) in [7, 11) is -10.0. The molecule has 0 amide bonds. The summed E-state index contributed by atoms with van der Waals surface area (Å²) in [5.74, 6) is 0. The van der Waals surface area contributed by atoms with Gasteiger partial charge in [-0.2, -0.15) is 0 Å². The third-order valence-corrected chi connectivity index (χ3v) is 24.6. The zero-order chi connectivity index (χ0) is 36.9. The van der Waals surface area contributed by atoms with Gasteiger partial charge in [0.1, 0.15) is 0 Å². The summed E-state index contributed by atoms with van der Waals surface area (Å²) in [5, 5.41) is 8.43. The summed E-state index contributed by atoms with van der Waals surface area (Å²) in [5.41, 5.74) is 0. The lowest BCUT2D eigenvalue weighted by atomic mass is 10.2. The normalized spacial score (nSPS) is 12.0. The van der Waals surface area contributed by atoms with Crippen molar-refractivity contribution in [2.75, 3.05) is 0 Å². The minimum Gasteiger partial charge on any atom is -0.422 e. The summed E-state index contributed by atoms with van der Waals surface area (Å²) in [6, 6.07) is 77.8. The van der Waals surface area contributed by atoms with E-state index in [9.17, 15) is 0 Å². The Labute approximate surface area is 325 Å². The Morgan fingerprint density at radius 2 is 0.537 bits per heavy atom. The minimum absolute atomic E-state index is 0.816. The number of unbranched alkanes of at least 4 members (excludes halogenated alkanes) is 4. The first-order valence-corrected chi connectivity index (χ1v) is 25.1. The van der Waals surface area contributed by atoms with Crippen LogP contribution in [0.15, 0.2) is 212 Å². The highest BCUT2D eigenvalue weighted by Gasteiger charge is 2.57. The molecule has 0 aliphatic rings. The van der Waals surface area contributed by atoms with Crippen molar-refractivity contribution in [1.82, 2.24) is 0 Å².